The Hall–Kier alpha value is -1.94. The fraction of sp³-hybridized carbons (Fsp3) is 0.950. The maximum atomic E-state index is 13.1. The summed E-state index contributed by atoms with van der Waals surface area (Å²) < 4.78 is 68.7. The van der Waals surface area contributed by atoms with Crippen molar-refractivity contribution >= 4 is 39.5 Å². The van der Waals surface area contributed by atoms with E-state index < -0.39 is 97.5 Å². The summed E-state index contributed by atoms with van der Waals surface area (Å²) in [5, 5.41) is 10.6. The van der Waals surface area contributed by atoms with Crippen LogP contribution in [0.3, 0.4) is 0 Å². The fourth-order valence-electron chi connectivity index (χ4n) is 12.4. The Bertz CT molecular complexity index is 1910. The van der Waals surface area contributed by atoms with Crippen LogP contribution in [0.5, 0.6) is 0 Å². The van der Waals surface area contributed by atoms with E-state index in [4.69, 9.17) is 37.0 Å². The van der Waals surface area contributed by atoms with Crippen LogP contribution in [0.15, 0.2) is 0 Å². The van der Waals surface area contributed by atoms with Gasteiger partial charge in [0.1, 0.15) is 19.3 Å². The summed E-state index contributed by atoms with van der Waals surface area (Å²) in [6.45, 7) is 9.61. The molecule has 0 aromatic carbocycles. The minimum absolute atomic E-state index is 0.106. The predicted molar refractivity (Wildman–Crippen MR) is 405 cm³/mol. The van der Waals surface area contributed by atoms with Crippen molar-refractivity contribution in [3.63, 3.8) is 0 Å². The molecule has 99 heavy (non-hydrogen) atoms. The summed E-state index contributed by atoms with van der Waals surface area (Å²) in [7, 11) is -9.92. The van der Waals surface area contributed by atoms with Crippen LogP contribution in [0.4, 0.5) is 0 Å². The van der Waals surface area contributed by atoms with Crippen molar-refractivity contribution in [3.8, 4) is 0 Å². The van der Waals surface area contributed by atoms with E-state index in [1.165, 1.54) is 238 Å². The van der Waals surface area contributed by atoms with Crippen LogP contribution in [0, 0.1) is 11.8 Å². The van der Waals surface area contributed by atoms with Gasteiger partial charge in [0, 0.05) is 25.7 Å². The smallest absolute Gasteiger partial charge is 0.462 e. The summed E-state index contributed by atoms with van der Waals surface area (Å²) in [4.78, 5) is 73.0. The highest BCUT2D eigenvalue weighted by atomic mass is 31.2. The Morgan fingerprint density at radius 1 is 0.273 bits per heavy atom. The topological polar surface area (TPSA) is 237 Å². The number of hydrogen-bond donors (Lipinski definition) is 3. The molecule has 0 heterocycles. The molecular weight excluding hydrogens is 1290 g/mol. The van der Waals surface area contributed by atoms with Gasteiger partial charge in [-0.25, -0.2) is 9.13 Å². The largest absolute Gasteiger partial charge is 0.472 e. The molecule has 0 aliphatic carbocycles. The normalized spacial score (nSPS) is 13.9. The van der Waals surface area contributed by atoms with E-state index >= 15 is 0 Å². The number of rotatable bonds is 79. The number of carbonyl (C=O) groups excluding carboxylic acids is 4. The maximum Gasteiger partial charge on any atom is 0.472 e. The molecule has 0 fully saturated rings. The van der Waals surface area contributed by atoms with E-state index in [1.54, 1.807) is 0 Å². The van der Waals surface area contributed by atoms with Crippen molar-refractivity contribution in [2.24, 2.45) is 11.8 Å². The quantitative estimate of drug-likeness (QED) is 0.0222. The molecule has 0 saturated heterocycles. The van der Waals surface area contributed by atoms with E-state index in [0.29, 0.717) is 25.7 Å². The lowest BCUT2D eigenvalue weighted by atomic mass is 10.0. The lowest BCUT2D eigenvalue weighted by molar-refractivity contribution is -0.161. The Balaban J connectivity index is 5.22. The Morgan fingerprint density at radius 2 is 0.465 bits per heavy atom. The summed E-state index contributed by atoms with van der Waals surface area (Å²) in [5.41, 5.74) is 0. The summed E-state index contributed by atoms with van der Waals surface area (Å²) in [5.74, 6) is -0.587. The van der Waals surface area contributed by atoms with Crippen LogP contribution in [-0.2, 0) is 65.4 Å². The number of hydrogen-bond acceptors (Lipinski definition) is 15. The van der Waals surface area contributed by atoms with Gasteiger partial charge >= 0.3 is 39.5 Å². The fourth-order valence-corrected chi connectivity index (χ4v) is 13.9. The van der Waals surface area contributed by atoms with E-state index in [1.807, 2.05) is 0 Å². The highest BCUT2D eigenvalue weighted by molar-refractivity contribution is 7.47. The molecular formula is C80H156O17P2. The Labute approximate surface area is 607 Å². The third kappa shape index (κ3) is 74.1. The summed E-state index contributed by atoms with van der Waals surface area (Å²) in [6, 6.07) is 0. The number of aliphatic hydroxyl groups excluding tert-OH is 1. The molecule has 0 amide bonds. The van der Waals surface area contributed by atoms with Gasteiger partial charge in [-0.1, -0.05) is 369 Å². The van der Waals surface area contributed by atoms with Gasteiger partial charge in [-0.05, 0) is 37.5 Å². The van der Waals surface area contributed by atoms with Crippen LogP contribution in [0.2, 0.25) is 0 Å². The highest BCUT2D eigenvalue weighted by Gasteiger charge is 2.30. The molecule has 2 unspecified atom stereocenters. The average Bonchev–Trinajstić information content (AvgIpc) is 0.980. The molecule has 3 N–H and O–H groups in total. The molecule has 0 aromatic heterocycles. The predicted octanol–water partition coefficient (Wildman–Crippen LogP) is 23.9. The first kappa shape index (κ1) is 97.1. The van der Waals surface area contributed by atoms with Crippen LogP contribution < -0.4 is 0 Å². The summed E-state index contributed by atoms with van der Waals surface area (Å²) in [6.07, 6.45) is 61.1. The molecule has 0 aliphatic heterocycles. The van der Waals surface area contributed by atoms with E-state index in [0.717, 1.165) is 102 Å². The molecule has 19 heteroatoms. The van der Waals surface area contributed by atoms with Gasteiger partial charge in [0.15, 0.2) is 12.2 Å². The number of carbonyl (C=O) groups is 4. The number of phosphoric acid groups is 2. The van der Waals surface area contributed by atoms with Crippen molar-refractivity contribution in [2.45, 2.75) is 439 Å². The Kier molecular flexibility index (Phi) is 70.3. The third-order valence-electron chi connectivity index (χ3n) is 18.7. The van der Waals surface area contributed by atoms with Gasteiger partial charge in [0.05, 0.1) is 26.4 Å². The standard InChI is InChI=1S/C80H156O17P2/c1-7-9-11-13-15-17-19-20-21-22-23-24-25-26-27-28-32-40-46-52-58-64-79(84)96-75(69-91-78(83)63-57-51-45-39-33-29-31-36-42-48-54-60-72(3)4)70-94-98(86,87)92-66-74(81)67-93-99(88,89)95-71-76(68-90-77(82)62-56-50-44-38-30-18-16-14-12-10-8-2)97-80(85)65-59-53-47-41-35-34-37-43-49-55-61-73(5)6/h72-76,81H,7-71H2,1-6H3,(H,86,87)(H,88,89)/t74-,75-,76-/m1/s1. The van der Waals surface area contributed by atoms with Crippen LogP contribution in [0.1, 0.15) is 420 Å². The molecule has 0 saturated carbocycles. The minimum atomic E-state index is -4.96. The SMILES string of the molecule is CCCCCCCCCCCCCCCCCCCCCCCC(=O)O[C@H](COC(=O)CCCCCCCCCCCCCC(C)C)COP(=O)(O)OC[C@@H](O)COP(=O)(O)OC[C@@H](COC(=O)CCCCCCCCCCCCC)OC(=O)CCCCCCCCCCCCC(C)C. The summed E-state index contributed by atoms with van der Waals surface area (Å²) >= 11 is 0. The number of ether oxygens (including phenoxy) is 4. The molecule has 0 rings (SSSR count). The first-order chi connectivity index (χ1) is 47.9. The number of unbranched alkanes of at least 4 members (excludes halogenated alkanes) is 49. The molecule has 0 aliphatic rings. The van der Waals surface area contributed by atoms with Gasteiger partial charge in [0.2, 0.25) is 0 Å². The highest BCUT2D eigenvalue weighted by Crippen LogP contribution is 2.45. The minimum Gasteiger partial charge on any atom is -0.462 e. The van der Waals surface area contributed by atoms with Crippen LogP contribution >= 0.6 is 15.6 Å². The van der Waals surface area contributed by atoms with Crippen molar-refractivity contribution in [3.05, 3.63) is 0 Å². The van der Waals surface area contributed by atoms with Gasteiger partial charge in [-0.3, -0.25) is 37.3 Å². The molecule has 17 nitrogen and oxygen atoms in total. The van der Waals surface area contributed by atoms with E-state index in [2.05, 4.69) is 41.5 Å². The molecule has 588 valence electrons. The van der Waals surface area contributed by atoms with Gasteiger partial charge in [-0.2, -0.15) is 0 Å². The van der Waals surface area contributed by atoms with Gasteiger partial charge in [-0.15, -0.1) is 0 Å². The zero-order valence-electron chi connectivity index (χ0n) is 64.8. The van der Waals surface area contributed by atoms with Crippen molar-refractivity contribution in [1.82, 2.24) is 0 Å². The van der Waals surface area contributed by atoms with E-state index in [-0.39, 0.29) is 25.7 Å². The average molecular weight is 1450 g/mol. The molecule has 0 bridgehead atoms. The second-order valence-electron chi connectivity index (χ2n) is 29.8. The molecule has 5 atom stereocenters. The zero-order valence-corrected chi connectivity index (χ0v) is 66.6. The number of esters is 4. The lowest BCUT2D eigenvalue weighted by Crippen LogP contribution is -2.30. The first-order valence-corrected chi connectivity index (χ1v) is 44.5. The lowest BCUT2D eigenvalue weighted by Gasteiger charge is -2.21. The number of aliphatic hydroxyl groups is 1. The van der Waals surface area contributed by atoms with Crippen molar-refractivity contribution in [1.29, 1.82) is 0 Å². The van der Waals surface area contributed by atoms with E-state index in [9.17, 15) is 43.2 Å². The number of phosphoric ester groups is 2. The molecule has 0 aromatic rings. The monoisotopic (exact) mass is 1450 g/mol. The van der Waals surface area contributed by atoms with Crippen LogP contribution in [0.25, 0.3) is 0 Å². The first-order valence-electron chi connectivity index (χ1n) is 41.5. The van der Waals surface area contributed by atoms with Gasteiger partial charge in [0.25, 0.3) is 0 Å². The van der Waals surface area contributed by atoms with Crippen LogP contribution in [-0.4, -0.2) is 96.7 Å². The Morgan fingerprint density at radius 3 is 0.687 bits per heavy atom. The zero-order chi connectivity index (χ0) is 72.8. The third-order valence-corrected chi connectivity index (χ3v) is 20.6. The molecule has 0 radical (unpaired) electrons. The molecule has 0 spiro atoms. The second-order valence-corrected chi connectivity index (χ2v) is 32.7. The van der Waals surface area contributed by atoms with Gasteiger partial charge < -0.3 is 33.8 Å². The van der Waals surface area contributed by atoms with Crippen molar-refractivity contribution < 1.29 is 80.2 Å². The maximum absolute atomic E-state index is 13.1. The van der Waals surface area contributed by atoms with Crippen molar-refractivity contribution in [2.75, 3.05) is 39.6 Å². The second kappa shape index (κ2) is 71.7.